The van der Waals surface area contributed by atoms with E-state index in [1.807, 2.05) is 13.8 Å². The number of hydrogen-bond donors (Lipinski definition) is 2. The zero-order valence-corrected chi connectivity index (χ0v) is 12.5. The second-order valence-corrected chi connectivity index (χ2v) is 4.88. The van der Waals surface area contributed by atoms with E-state index in [0.717, 1.165) is 0 Å². The number of rotatable bonds is 7. The van der Waals surface area contributed by atoms with Crippen LogP contribution in [0.5, 0.6) is 11.5 Å². The molecule has 0 saturated heterocycles. The van der Waals surface area contributed by atoms with Crippen molar-refractivity contribution in [3.8, 4) is 11.5 Å². The number of ether oxygens (including phenoxy) is 2. The van der Waals surface area contributed by atoms with E-state index in [-0.39, 0.29) is 24.5 Å². The predicted molar refractivity (Wildman–Crippen MR) is 77.3 cm³/mol. The molecule has 0 bridgehead atoms. The number of carbonyl (C=O) groups excluding carboxylic acids is 1. The summed E-state index contributed by atoms with van der Waals surface area (Å²) in [7, 11) is 3.03. The number of nitrogens with one attached hydrogen (secondary N) is 1. The molecule has 112 valence electrons. The summed E-state index contributed by atoms with van der Waals surface area (Å²) in [5.41, 5.74) is 0.426. The Morgan fingerprint density at radius 1 is 1.30 bits per heavy atom. The molecule has 0 fully saturated rings. The molecule has 0 saturated carbocycles. The van der Waals surface area contributed by atoms with Crippen molar-refractivity contribution in [2.24, 2.45) is 5.92 Å². The monoisotopic (exact) mass is 281 g/mol. The molecule has 1 amide bonds. The first kappa shape index (κ1) is 16.3. The van der Waals surface area contributed by atoms with Gasteiger partial charge in [0, 0.05) is 12.6 Å². The normalized spacial score (nSPS) is 12.1. The topological polar surface area (TPSA) is 67.8 Å². The number of amides is 1. The molecule has 0 radical (unpaired) electrons. The van der Waals surface area contributed by atoms with Crippen molar-refractivity contribution in [1.29, 1.82) is 0 Å². The average Bonchev–Trinajstić information content (AvgIpc) is 2.45. The Kier molecular flexibility index (Phi) is 6.31. The van der Waals surface area contributed by atoms with Crippen LogP contribution in [-0.4, -0.2) is 37.9 Å². The quantitative estimate of drug-likeness (QED) is 0.800. The summed E-state index contributed by atoms with van der Waals surface area (Å²) < 4.78 is 10.4. The third-order valence-electron chi connectivity index (χ3n) is 3.21. The molecule has 1 aromatic carbocycles. The third kappa shape index (κ3) is 3.87. The van der Waals surface area contributed by atoms with Crippen LogP contribution in [0.2, 0.25) is 0 Å². The molecule has 0 aliphatic carbocycles. The van der Waals surface area contributed by atoms with Crippen molar-refractivity contribution in [3.05, 3.63) is 23.8 Å². The number of aliphatic hydroxyl groups is 1. The van der Waals surface area contributed by atoms with Gasteiger partial charge in [0.2, 0.25) is 0 Å². The molecule has 5 nitrogen and oxygen atoms in total. The fourth-order valence-electron chi connectivity index (χ4n) is 2.02. The van der Waals surface area contributed by atoms with E-state index in [4.69, 9.17) is 14.6 Å². The van der Waals surface area contributed by atoms with E-state index < -0.39 is 0 Å². The molecule has 20 heavy (non-hydrogen) atoms. The van der Waals surface area contributed by atoms with Gasteiger partial charge in [0.1, 0.15) is 0 Å². The molecule has 1 atom stereocenters. The van der Waals surface area contributed by atoms with Gasteiger partial charge in [-0.15, -0.1) is 0 Å². The number of para-hydroxylation sites is 1. The molecule has 0 aliphatic rings. The lowest BCUT2D eigenvalue weighted by molar-refractivity contribution is 0.0913. The number of aliphatic hydroxyl groups excluding tert-OH is 1. The van der Waals surface area contributed by atoms with Crippen LogP contribution < -0.4 is 14.8 Å². The van der Waals surface area contributed by atoms with Gasteiger partial charge < -0.3 is 19.9 Å². The van der Waals surface area contributed by atoms with Gasteiger partial charge >= 0.3 is 0 Å². The maximum absolute atomic E-state index is 12.4. The lowest BCUT2D eigenvalue weighted by Crippen LogP contribution is -2.39. The van der Waals surface area contributed by atoms with Crippen LogP contribution >= 0.6 is 0 Å². The molecule has 1 rings (SSSR count). The van der Waals surface area contributed by atoms with Gasteiger partial charge in [-0.25, -0.2) is 0 Å². The Balaban J connectivity index is 2.97. The Morgan fingerprint density at radius 2 is 2.00 bits per heavy atom. The Labute approximate surface area is 119 Å². The molecular weight excluding hydrogens is 258 g/mol. The van der Waals surface area contributed by atoms with Crippen LogP contribution in [0, 0.1) is 5.92 Å². The first-order chi connectivity index (χ1) is 9.54. The summed E-state index contributed by atoms with van der Waals surface area (Å²) in [6, 6.07) is 5.09. The van der Waals surface area contributed by atoms with E-state index in [2.05, 4.69) is 5.32 Å². The van der Waals surface area contributed by atoms with Gasteiger partial charge in [0.15, 0.2) is 11.5 Å². The highest BCUT2D eigenvalue weighted by Crippen LogP contribution is 2.30. The second-order valence-electron chi connectivity index (χ2n) is 4.88. The highest BCUT2D eigenvalue weighted by molar-refractivity contribution is 5.98. The summed E-state index contributed by atoms with van der Waals surface area (Å²) >= 11 is 0. The van der Waals surface area contributed by atoms with Crippen molar-refractivity contribution in [3.63, 3.8) is 0 Å². The van der Waals surface area contributed by atoms with Crippen LogP contribution in [0.25, 0.3) is 0 Å². The van der Waals surface area contributed by atoms with Crippen molar-refractivity contribution < 1.29 is 19.4 Å². The average molecular weight is 281 g/mol. The van der Waals surface area contributed by atoms with E-state index in [0.29, 0.717) is 23.5 Å². The fourth-order valence-corrected chi connectivity index (χ4v) is 2.02. The minimum atomic E-state index is -0.229. The van der Waals surface area contributed by atoms with E-state index >= 15 is 0 Å². The number of methoxy groups -OCH3 is 2. The molecule has 0 aliphatic heterocycles. The smallest absolute Gasteiger partial charge is 0.255 e. The summed E-state index contributed by atoms with van der Waals surface area (Å²) in [6.07, 6.45) is 0.524. The van der Waals surface area contributed by atoms with Gasteiger partial charge in [0.25, 0.3) is 5.91 Å². The molecule has 0 aromatic heterocycles. The SMILES string of the molecule is COc1cccc(C(=O)NC(CCO)C(C)C)c1OC. The van der Waals surface area contributed by atoms with Crippen LogP contribution in [0.4, 0.5) is 0 Å². The molecular formula is C15H23NO4. The van der Waals surface area contributed by atoms with E-state index in [1.165, 1.54) is 14.2 Å². The molecule has 1 aromatic rings. The molecule has 2 N–H and O–H groups in total. The molecule has 5 heteroatoms. The largest absolute Gasteiger partial charge is 0.493 e. The van der Waals surface area contributed by atoms with Crippen molar-refractivity contribution in [1.82, 2.24) is 5.32 Å². The van der Waals surface area contributed by atoms with Gasteiger partial charge in [-0.1, -0.05) is 19.9 Å². The van der Waals surface area contributed by atoms with Crippen molar-refractivity contribution in [2.45, 2.75) is 26.3 Å². The van der Waals surface area contributed by atoms with Crippen molar-refractivity contribution in [2.75, 3.05) is 20.8 Å². The molecule has 1 unspecified atom stereocenters. The van der Waals surface area contributed by atoms with Crippen molar-refractivity contribution >= 4 is 5.91 Å². The van der Waals surface area contributed by atoms with Crippen LogP contribution in [0.1, 0.15) is 30.6 Å². The minimum Gasteiger partial charge on any atom is -0.493 e. The van der Waals surface area contributed by atoms with Crippen LogP contribution in [0.15, 0.2) is 18.2 Å². The second kappa shape index (κ2) is 7.75. The third-order valence-corrected chi connectivity index (χ3v) is 3.21. The highest BCUT2D eigenvalue weighted by atomic mass is 16.5. The van der Waals surface area contributed by atoms with Gasteiger partial charge in [-0.3, -0.25) is 4.79 Å². The maximum atomic E-state index is 12.4. The zero-order valence-electron chi connectivity index (χ0n) is 12.5. The lowest BCUT2D eigenvalue weighted by Gasteiger charge is -2.22. The Bertz CT molecular complexity index is 445. The lowest BCUT2D eigenvalue weighted by atomic mass is 10.0. The summed E-state index contributed by atoms with van der Waals surface area (Å²) in [5, 5.41) is 12.0. The number of benzene rings is 1. The minimum absolute atomic E-state index is 0.0401. The van der Waals surface area contributed by atoms with E-state index in [9.17, 15) is 4.79 Å². The molecule has 0 heterocycles. The summed E-state index contributed by atoms with van der Waals surface area (Å²) in [6.45, 7) is 4.05. The van der Waals surface area contributed by atoms with Gasteiger partial charge in [-0.2, -0.15) is 0 Å². The Morgan fingerprint density at radius 3 is 2.50 bits per heavy atom. The summed E-state index contributed by atoms with van der Waals surface area (Å²) in [4.78, 5) is 12.4. The van der Waals surface area contributed by atoms with Gasteiger partial charge in [-0.05, 0) is 24.5 Å². The highest BCUT2D eigenvalue weighted by Gasteiger charge is 2.20. The fraction of sp³-hybridized carbons (Fsp3) is 0.533. The Hall–Kier alpha value is -1.75. The van der Waals surface area contributed by atoms with Crippen LogP contribution in [-0.2, 0) is 0 Å². The standard InChI is InChI=1S/C15H23NO4/c1-10(2)12(8-9-17)16-15(18)11-6-5-7-13(19-3)14(11)20-4/h5-7,10,12,17H,8-9H2,1-4H3,(H,16,18). The zero-order chi connectivity index (χ0) is 15.1. The van der Waals surface area contributed by atoms with E-state index in [1.54, 1.807) is 18.2 Å². The van der Waals surface area contributed by atoms with Crippen LogP contribution in [0.3, 0.4) is 0 Å². The first-order valence-electron chi connectivity index (χ1n) is 6.67. The summed E-state index contributed by atoms with van der Waals surface area (Å²) in [5.74, 6) is 0.943. The number of hydrogen-bond acceptors (Lipinski definition) is 4. The number of carbonyl (C=O) groups is 1. The maximum Gasteiger partial charge on any atom is 0.255 e. The van der Waals surface area contributed by atoms with Gasteiger partial charge in [0.05, 0.1) is 19.8 Å². The predicted octanol–water partition coefficient (Wildman–Crippen LogP) is 1.84. The first-order valence-corrected chi connectivity index (χ1v) is 6.67. The molecule has 0 spiro atoms.